The Balaban J connectivity index is 1.20. The summed E-state index contributed by atoms with van der Waals surface area (Å²) in [6.07, 6.45) is 9.19. The zero-order valence-electron chi connectivity index (χ0n) is 33.8. The molecule has 0 nitrogen and oxygen atoms in total. The van der Waals surface area contributed by atoms with Crippen LogP contribution >= 0.6 is 17.2 Å². The second kappa shape index (κ2) is 14.6. The van der Waals surface area contributed by atoms with E-state index in [1.165, 1.54) is 98.7 Å². The van der Waals surface area contributed by atoms with Gasteiger partial charge in [0.1, 0.15) is 0 Å². The van der Waals surface area contributed by atoms with E-state index in [-0.39, 0.29) is 7.35 Å². The van der Waals surface area contributed by atoms with Crippen molar-refractivity contribution in [1.29, 1.82) is 0 Å². The van der Waals surface area contributed by atoms with Crippen LogP contribution in [0.25, 0.3) is 77.5 Å². The molecule has 8 aromatic carbocycles. The van der Waals surface area contributed by atoms with Crippen LogP contribution in [-0.4, -0.2) is 5.98 Å². The molecule has 0 aromatic heterocycles. The van der Waals surface area contributed by atoms with E-state index in [0.717, 1.165) is 25.7 Å². The van der Waals surface area contributed by atoms with Gasteiger partial charge in [0.2, 0.25) is 0 Å². The fourth-order valence-electron chi connectivity index (χ4n) is 11.1. The van der Waals surface area contributed by atoms with E-state index in [0.29, 0.717) is 0 Å². The molecule has 2 aliphatic rings. The van der Waals surface area contributed by atoms with Gasteiger partial charge in [-0.15, -0.1) is 0 Å². The summed E-state index contributed by atoms with van der Waals surface area (Å²) in [6.45, 7) is 9.60. The van der Waals surface area contributed by atoms with Crippen LogP contribution in [0.15, 0.2) is 157 Å². The van der Waals surface area contributed by atoms with Crippen molar-refractivity contribution in [2.24, 2.45) is 0 Å². The number of rotatable bonds is 9. The van der Waals surface area contributed by atoms with Crippen LogP contribution in [0.4, 0.5) is 0 Å². The zero-order valence-corrected chi connectivity index (χ0v) is 40.1. The molecule has 0 fully saturated rings. The molecule has 8 aromatic rings. The first-order chi connectivity index (χ1) is 28.2. The SMILES string of the molecule is CCCC1=Cc2c(-c3cc4ccccc4c4ccccc34)cccc2[CH]1[Hf]([Cl])([Cl])([CH]1C(CCC)=Cc2c(-c3cc4ccccc4c4ccccc34)cccc21)[SiH](C)C. The fourth-order valence-corrected chi connectivity index (χ4v) is 55.7. The molecule has 0 radical (unpaired) electrons. The van der Waals surface area contributed by atoms with Crippen LogP contribution < -0.4 is 0 Å². The van der Waals surface area contributed by atoms with Gasteiger partial charge >= 0.3 is 355 Å². The molecule has 10 rings (SSSR count). The Morgan fingerprint density at radius 2 is 0.828 bits per heavy atom. The van der Waals surface area contributed by atoms with E-state index < -0.39 is 21.3 Å². The van der Waals surface area contributed by atoms with Crippen LogP contribution in [0.3, 0.4) is 0 Å². The van der Waals surface area contributed by atoms with E-state index >= 15 is 0 Å². The number of benzene rings is 8. The van der Waals surface area contributed by atoms with Crippen LogP contribution in [0, 0.1) is 0 Å². The molecule has 0 spiro atoms. The Morgan fingerprint density at radius 1 is 0.448 bits per heavy atom. The monoisotopic (exact) mass is 975 g/mol. The van der Waals surface area contributed by atoms with E-state index in [1.54, 1.807) is 0 Å². The number of hydrogen-bond acceptors (Lipinski definition) is 0. The second-order valence-electron chi connectivity index (χ2n) is 17.2. The van der Waals surface area contributed by atoms with Crippen molar-refractivity contribution >= 4 is 78.4 Å². The standard InChI is InChI=1S/2C26H21.C2H7Si.2ClH.Hf/c2*1-2-8-18-15-19-10-7-14-24(25(19)16-18)26-17-20-9-3-4-11-21(20)22-12-5-6-13-23(22)26;1-3-2;;;/h2*3-7,9-17H,2,8H2,1H3;3H,1-2H3;2*1H;/q;;;;;+2/p-2. The van der Waals surface area contributed by atoms with E-state index in [2.05, 4.69) is 185 Å². The number of allylic oxidation sites excluding steroid dienone is 2. The van der Waals surface area contributed by atoms with Crippen molar-refractivity contribution in [2.75, 3.05) is 0 Å². The third-order valence-electron chi connectivity index (χ3n) is 13.7. The van der Waals surface area contributed by atoms with Gasteiger partial charge in [0.05, 0.1) is 0 Å². The summed E-state index contributed by atoms with van der Waals surface area (Å²) in [5.74, 6) is -1.72. The fraction of sp³-hybridized carbons (Fsp3) is 0.185. The predicted octanol–water partition coefficient (Wildman–Crippen LogP) is 16.8. The normalized spacial score (nSPS) is 17.1. The Morgan fingerprint density at radius 3 is 1.22 bits per heavy atom. The molecule has 2 atom stereocenters. The molecule has 2 aliphatic carbocycles. The van der Waals surface area contributed by atoms with Gasteiger partial charge < -0.3 is 0 Å². The van der Waals surface area contributed by atoms with E-state index in [1.807, 2.05) is 0 Å². The van der Waals surface area contributed by atoms with Gasteiger partial charge in [-0.05, 0) is 0 Å². The Kier molecular flexibility index (Phi) is 9.60. The molecule has 58 heavy (non-hydrogen) atoms. The third-order valence-corrected chi connectivity index (χ3v) is 86.5. The predicted molar refractivity (Wildman–Crippen MR) is 256 cm³/mol. The van der Waals surface area contributed by atoms with Crippen LogP contribution in [0.1, 0.15) is 69.1 Å². The molecule has 0 N–H and O–H groups in total. The van der Waals surface area contributed by atoms with Gasteiger partial charge in [-0.1, -0.05) is 0 Å². The van der Waals surface area contributed by atoms with Gasteiger partial charge in [0.15, 0.2) is 0 Å². The molecule has 0 bridgehead atoms. The second-order valence-corrected chi connectivity index (χ2v) is 76.5. The Labute approximate surface area is 352 Å². The quantitative estimate of drug-likeness (QED) is 0.0999. The molecule has 0 aliphatic heterocycles. The van der Waals surface area contributed by atoms with Crippen molar-refractivity contribution in [3.8, 4) is 22.3 Å². The zero-order chi connectivity index (χ0) is 39.8. The van der Waals surface area contributed by atoms with Crippen LogP contribution in [-0.2, 0) is 15.3 Å². The van der Waals surface area contributed by atoms with Crippen molar-refractivity contribution < 1.29 is 15.3 Å². The maximum absolute atomic E-state index is 8.97. The molecule has 0 saturated carbocycles. The molecule has 0 saturated heterocycles. The summed E-state index contributed by atoms with van der Waals surface area (Å²) in [5.41, 5.74) is 13.4. The average Bonchev–Trinajstić information content (AvgIpc) is 3.83. The number of hydrogen-bond donors (Lipinski definition) is 0. The third kappa shape index (κ3) is 5.69. The van der Waals surface area contributed by atoms with Gasteiger partial charge in [0, 0.05) is 0 Å². The average molecular weight is 975 g/mol. The van der Waals surface area contributed by atoms with E-state index in [9.17, 15) is 0 Å². The van der Waals surface area contributed by atoms with Crippen molar-refractivity contribution in [3.63, 3.8) is 0 Å². The first-order valence-electron chi connectivity index (χ1n) is 21.3. The minimum absolute atomic E-state index is 0.0648. The van der Waals surface area contributed by atoms with Gasteiger partial charge in [0.25, 0.3) is 0 Å². The van der Waals surface area contributed by atoms with Gasteiger partial charge in [-0.2, -0.15) is 0 Å². The summed E-state index contributed by atoms with van der Waals surface area (Å²) in [4.78, 5) is 0. The summed E-state index contributed by atoms with van der Waals surface area (Å²) in [6, 6.07) is 54.3. The molecule has 0 amide bonds. The Hall–Kier alpha value is -4.05. The number of fused-ring (bicyclic) bond motifs is 8. The molecular weight excluding hydrogens is 926 g/mol. The molecule has 4 heteroatoms. The topological polar surface area (TPSA) is 0 Å². The first-order valence-corrected chi connectivity index (χ1v) is 43.4. The molecule has 287 valence electrons. The summed E-state index contributed by atoms with van der Waals surface area (Å²) < 4.78 is 0.130. The summed E-state index contributed by atoms with van der Waals surface area (Å²) in [5, 5.41) is 10.3. The van der Waals surface area contributed by atoms with Crippen molar-refractivity contribution in [3.05, 3.63) is 179 Å². The van der Waals surface area contributed by atoms with Crippen LogP contribution in [0.5, 0.6) is 0 Å². The van der Waals surface area contributed by atoms with Crippen molar-refractivity contribution in [2.45, 2.75) is 60.0 Å². The molecular formula is C54H49Cl2HfSi. The van der Waals surface area contributed by atoms with Gasteiger partial charge in [-0.3, -0.25) is 0 Å². The molecule has 0 heterocycles. The summed E-state index contributed by atoms with van der Waals surface area (Å²) >= 11 is -5.18. The maximum atomic E-state index is 8.97. The summed E-state index contributed by atoms with van der Waals surface area (Å²) in [7, 11) is 17.9. The Bertz CT molecular complexity index is 2830. The molecule has 2 unspecified atom stereocenters. The first kappa shape index (κ1) is 38.2. The van der Waals surface area contributed by atoms with Crippen LogP contribution in [0.2, 0.25) is 13.1 Å². The van der Waals surface area contributed by atoms with E-state index in [4.69, 9.17) is 17.2 Å². The number of halogens is 2. The minimum atomic E-state index is -5.18. The van der Waals surface area contributed by atoms with Crippen molar-refractivity contribution in [1.82, 2.24) is 0 Å². The van der Waals surface area contributed by atoms with Gasteiger partial charge in [-0.25, -0.2) is 0 Å².